The Balaban J connectivity index is 2.00. The summed E-state index contributed by atoms with van der Waals surface area (Å²) >= 11 is 0. The summed E-state index contributed by atoms with van der Waals surface area (Å²) in [6, 6.07) is 9.78. The summed E-state index contributed by atoms with van der Waals surface area (Å²) in [7, 11) is 0. The van der Waals surface area contributed by atoms with E-state index >= 15 is 0 Å². The topological polar surface area (TPSA) is 22.0 Å². The number of aromatic nitrogens is 1. The fourth-order valence-electron chi connectivity index (χ4n) is 3.47. The molecule has 1 aromatic carbocycles. The van der Waals surface area contributed by atoms with E-state index in [1.807, 2.05) is 18.2 Å². The molecule has 0 fully saturated rings. The molecule has 1 heterocycles. The Bertz CT molecular complexity index is 741. The van der Waals surface area contributed by atoms with E-state index in [2.05, 4.69) is 36.6 Å². The number of pyridine rings is 1. The van der Waals surface area contributed by atoms with E-state index in [9.17, 15) is 4.79 Å². The number of allylic oxidation sites excluding steroid dienone is 1. The Labute approximate surface area is 158 Å². The Morgan fingerprint density at radius 3 is 2.35 bits per heavy atom. The Hall–Kier alpha value is -1.83. The van der Waals surface area contributed by atoms with Crippen molar-refractivity contribution in [1.82, 2.24) is 4.57 Å². The molecule has 0 bridgehead atoms. The van der Waals surface area contributed by atoms with Crippen molar-refractivity contribution in [3.05, 3.63) is 52.3 Å². The fourth-order valence-corrected chi connectivity index (χ4v) is 3.47. The third-order valence-electron chi connectivity index (χ3n) is 5.05. The first-order valence-corrected chi connectivity index (χ1v) is 10.6. The van der Waals surface area contributed by atoms with Gasteiger partial charge in [-0.15, -0.1) is 0 Å². The van der Waals surface area contributed by atoms with Crippen LogP contribution in [0.15, 0.2) is 41.2 Å². The standard InChI is InChI=1S/C24H35NO/c1-3-5-7-8-9-10-11-12-13-16-21-20-24(26)22-17-14-15-18-23(22)25(21)19-6-4-2/h13-18,20H,3-12,19H2,1-2H3/b16-13+. The van der Waals surface area contributed by atoms with Crippen molar-refractivity contribution in [1.29, 1.82) is 0 Å². The van der Waals surface area contributed by atoms with Crippen LogP contribution in [0.5, 0.6) is 0 Å². The smallest absolute Gasteiger partial charge is 0.190 e. The molecule has 0 aliphatic carbocycles. The van der Waals surface area contributed by atoms with Gasteiger partial charge < -0.3 is 4.57 Å². The zero-order valence-corrected chi connectivity index (χ0v) is 16.7. The van der Waals surface area contributed by atoms with Crippen LogP contribution < -0.4 is 5.43 Å². The van der Waals surface area contributed by atoms with Crippen molar-refractivity contribution >= 4 is 17.0 Å². The molecule has 0 saturated heterocycles. The summed E-state index contributed by atoms with van der Waals surface area (Å²) in [6.07, 6.45) is 17.1. The van der Waals surface area contributed by atoms with E-state index in [1.54, 1.807) is 6.07 Å². The molecule has 2 heteroatoms. The molecule has 0 amide bonds. The van der Waals surface area contributed by atoms with Gasteiger partial charge in [-0.25, -0.2) is 0 Å². The van der Waals surface area contributed by atoms with Gasteiger partial charge in [-0.05, 0) is 37.5 Å². The lowest BCUT2D eigenvalue weighted by molar-refractivity contribution is 0.592. The summed E-state index contributed by atoms with van der Waals surface area (Å²) in [5, 5.41) is 0.827. The van der Waals surface area contributed by atoms with Gasteiger partial charge in [0.25, 0.3) is 0 Å². The highest BCUT2D eigenvalue weighted by atomic mass is 16.1. The minimum absolute atomic E-state index is 0.129. The van der Waals surface area contributed by atoms with Gasteiger partial charge in [0.15, 0.2) is 5.43 Å². The maximum absolute atomic E-state index is 12.4. The highest BCUT2D eigenvalue weighted by molar-refractivity contribution is 5.80. The number of hydrogen-bond acceptors (Lipinski definition) is 1. The molecule has 0 spiro atoms. The average Bonchev–Trinajstić information content (AvgIpc) is 2.66. The monoisotopic (exact) mass is 353 g/mol. The second-order valence-corrected chi connectivity index (χ2v) is 7.27. The van der Waals surface area contributed by atoms with Crippen molar-refractivity contribution in [2.45, 2.75) is 84.6 Å². The molecule has 2 aromatic rings. The van der Waals surface area contributed by atoms with E-state index < -0.39 is 0 Å². The van der Waals surface area contributed by atoms with Crippen molar-refractivity contribution in [2.75, 3.05) is 0 Å². The summed E-state index contributed by atoms with van der Waals surface area (Å²) in [6.45, 7) is 5.44. The quantitative estimate of drug-likeness (QED) is 0.378. The van der Waals surface area contributed by atoms with Gasteiger partial charge in [-0.1, -0.05) is 77.0 Å². The molecule has 0 aliphatic rings. The molecule has 2 rings (SSSR count). The molecule has 0 unspecified atom stereocenters. The Kier molecular flexibility index (Phi) is 9.23. The Morgan fingerprint density at radius 2 is 1.58 bits per heavy atom. The number of nitrogens with zero attached hydrogens (tertiary/aromatic N) is 1. The van der Waals surface area contributed by atoms with Crippen LogP contribution in [0.25, 0.3) is 17.0 Å². The molecule has 0 N–H and O–H groups in total. The van der Waals surface area contributed by atoms with E-state index in [0.717, 1.165) is 42.4 Å². The summed E-state index contributed by atoms with van der Waals surface area (Å²) in [5.74, 6) is 0. The van der Waals surface area contributed by atoms with E-state index in [0.29, 0.717) is 0 Å². The number of benzene rings is 1. The fraction of sp³-hybridized carbons (Fsp3) is 0.542. The zero-order valence-electron chi connectivity index (χ0n) is 16.7. The van der Waals surface area contributed by atoms with Gasteiger partial charge in [0.2, 0.25) is 0 Å². The van der Waals surface area contributed by atoms with E-state index in [4.69, 9.17) is 0 Å². The molecule has 26 heavy (non-hydrogen) atoms. The summed E-state index contributed by atoms with van der Waals surface area (Å²) in [4.78, 5) is 12.4. The van der Waals surface area contributed by atoms with Gasteiger partial charge in [0.05, 0.1) is 5.52 Å². The number of rotatable bonds is 12. The molecule has 0 radical (unpaired) electrons. The van der Waals surface area contributed by atoms with Crippen LogP contribution in [0.4, 0.5) is 0 Å². The van der Waals surface area contributed by atoms with Crippen molar-refractivity contribution in [3.63, 3.8) is 0 Å². The van der Waals surface area contributed by atoms with Gasteiger partial charge >= 0.3 is 0 Å². The molecule has 0 atom stereocenters. The number of aryl methyl sites for hydroxylation is 1. The molecule has 1 aromatic heterocycles. The minimum atomic E-state index is 0.129. The lowest BCUT2D eigenvalue weighted by Crippen LogP contribution is -2.12. The van der Waals surface area contributed by atoms with Crippen LogP contribution in [0, 0.1) is 0 Å². The van der Waals surface area contributed by atoms with Gasteiger partial charge in [-0.3, -0.25) is 4.79 Å². The van der Waals surface area contributed by atoms with Gasteiger partial charge in [-0.2, -0.15) is 0 Å². The summed E-state index contributed by atoms with van der Waals surface area (Å²) < 4.78 is 2.31. The van der Waals surface area contributed by atoms with Crippen molar-refractivity contribution < 1.29 is 0 Å². The molecular formula is C24H35NO. The highest BCUT2D eigenvalue weighted by Gasteiger charge is 2.06. The second-order valence-electron chi connectivity index (χ2n) is 7.27. The highest BCUT2D eigenvalue weighted by Crippen LogP contribution is 2.16. The summed E-state index contributed by atoms with van der Waals surface area (Å²) in [5.41, 5.74) is 2.23. The first-order valence-electron chi connectivity index (χ1n) is 10.6. The number of fused-ring (bicyclic) bond motifs is 1. The molecule has 0 saturated carbocycles. The van der Waals surface area contributed by atoms with Crippen molar-refractivity contribution in [3.8, 4) is 0 Å². The van der Waals surface area contributed by atoms with Crippen molar-refractivity contribution in [2.24, 2.45) is 0 Å². The van der Waals surface area contributed by atoms with Crippen LogP contribution in [0.1, 0.15) is 83.7 Å². The van der Waals surface area contributed by atoms with E-state index in [-0.39, 0.29) is 5.43 Å². The predicted molar refractivity (Wildman–Crippen MR) is 115 cm³/mol. The van der Waals surface area contributed by atoms with Crippen LogP contribution in [0.3, 0.4) is 0 Å². The first kappa shape index (κ1) is 20.5. The minimum Gasteiger partial charge on any atom is -0.341 e. The van der Waals surface area contributed by atoms with Crippen LogP contribution >= 0.6 is 0 Å². The molecule has 0 aliphatic heterocycles. The second kappa shape index (κ2) is 11.7. The zero-order chi connectivity index (χ0) is 18.6. The first-order chi connectivity index (χ1) is 12.8. The normalized spacial score (nSPS) is 11.6. The SMILES string of the molecule is CCCCCCCCC/C=C/c1cc(=O)c2ccccc2n1CCCC. The van der Waals surface area contributed by atoms with Gasteiger partial charge in [0.1, 0.15) is 0 Å². The van der Waals surface area contributed by atoms with Crippen LogP contribution in [0.2, 0.25) is 0 Å². The van der Waals surface area contributed by atoms with Crippen LogP contribution in [-0.4, -0.2) is 4.57 Å². The lowest BCUT2D eigenvalue weighted by Gasteiger charge is -2.14. The average molecular weight is 354 g/mol. The maximum atomic E-state index is 12.4. The molecule has 142 valence electrons. The third-order valence-corrected chi connectivity index (χ3v) is 5.05. The Morgan fingerprint density at radius 1 is 0.885 bits per heavy atom. The van der Waals surface area contributed by atoms with Crippen LogP contribution in [-0.2, 0) is 6.54 Å². The molecular weight excluding hydrogens is 318 g/mol. The third kappa shape index (κ3) is 6.16. The predicted octanol–water partition coefficient (Wildman–Crippen LogP) is 6.96. The van der Waals surface area contributed by atoms with E-state index in [1.165, 1.54) is 44.9 Å². The number of hydrogen-bond donors (Lipinski definition) is 0. The number of para-hydroxylation sites is 1. The largest absolute Gasteiger partial charge is 0.341 e. The van der Waals surface area contributed by atoms with Gasteiger partial charge in [0, 0.05) is 23.7 Å². The lowest BCUT2D eigenvalue weighted by atomic mass is 10.1. The number of unbranched alkanes of at least 4 members (excludes halogenated alkanes) is 8. The maximum Gasteiger partial charge on any atom is 0.190 e. The molecule has 2 nitrogen and oxygen atoms in total.